The van der Waals surface area contributed by atoms with E-state index in [0.717, 1.165) is 11.1 Å². The summed E-state index contributed by atoms with van der Waals surface area (Å²) in [5.41, 5.74) is 8.44. The highest BCUT2D eigenvalue weighted by Gasteiger charge is 2.06. The summed E-state index contributed by atoms with van der Waals surface area (Å²) in [6.07, 6.45) is 0. The maximum absolute atomic E-state index is 13.6. The average molecular weight is 236 g/mol. The fourth-order valence-electron chi connectivity index (χ4n) is 1.57. The first-order valence-corrected chi connectivity index (χ1v) is 5.27. The number of hydrogen-bond acceptors (Lipinski definition) is 1. The molecule has 0 fully saturated rings. The number of benzene rings is 2. The zero-order chi connectivity index (χ0) is 11.7. The van der Waals surface area contributed by atoms with E-state index in [9.17, 15) is 4.39 Å². The van der Waals surface area contributed by atoms with Crippen molar-refractivity contribution in [2.24, 2.45) is 0 Å². The fourth-order valence-corrected chi connectivity index (χ4v) is 1.69. The molecule has 0 amide bonds. The lowest BCUT2D eigenvalue weighted by atomic mass is 10.0. The molecule has 2 aromatic carbocycles. The van der Waals surface area contributed by atoms with Gasteiger partial charge in [0, 0.05) is 5.56 Å². The van der Waals surface area contributed by atoms with Crippen molar-refractivity contribution in [3.05, 3.63) is 52.8 Å². The molecule has 0 atom stereocenters. The van der Waals surface area contributed by atoms with E-state index < -0.39 is 0 Å². The van der Waals surface area contributed by atoms with Gasteiger partial charge >= 0.3 is 0 Å². The molecule has 0 spiro atoms. The highest BCUT2D eigenvalue weighted by Crippen LogP contribution is 2.28. The second kappa shape index (κ2) is 4.14. The number of rotatable bonds is 1. The van der Waals surface area contributed by atoms with Gasteiger partial charge in [-0.15, -0.1) is 0 Å². The van der Waals surface area contributed by atoms with E-state index >= 15 is 0 Å². The van der Waals surface area contributed by atoms with Crippen molar-refractivity contribution >= 4 is 17.3 Å². The molecule has 1 nitrogen and oxygen atoms in total. The molecule has 3 heteroatoms. The van der Waals surface area contributed by atoms with Crippen molar-refractivity contribution in [1.29, 1.82) is 0 Å². The van der Waals surface area contributed by atoms with E-state index in [2.05, 4.69) is 0 Å². The number of nitrogen functional groups attached to an aromatic ring is 1. The Bertz CT molecular complexity index is 537. The molecule has 0 bridgehead atoms. The zero-order valence-corrected chi connectivity index (χ0v) is 9.55. The minimum atomic E-state index is -0.257. The predicted octanol–water partition coefficient (Wildman–Crippen LogP) is 4.04. The predicted molar refractivity (Wildman–Crippen MR) is 66.0 cm³/mol. The molecule has 0 radical (unpaired) electrons. The van der Waals surface area contributed by atoms with Gasteiger partial charge in [-0.1, -0.05) is 29.3 Å². The van der Waals surface area contributed by atoms with Crippen LogP contribution in [0.5, 0.6) is 0 Å². The lowest BCUT2D eigenvalue weighted by molar-refractivity contribution is 0.631. The molecule has 0 saturated carbocycles. The lowest BCUT2D eigenvalue weighted by Crippen LogP contribution is -1.90. The topological polar surface area (TPSA) is 26.0 Å². The molecule has 82 valence electrons. The van der Waals surface area contributed by atoms with Gasteiger partial charge < -0.3 is 5.73 Å². The Morgan fingerprint density at radius 3 is 2.56 bits per heavy atom. The van der Waals surface area contributed by atoms with Crippen LogP contribution in [0.25, 0.3) is 11.1 Å². The summed E-state index contributed by atoms with van der Waals surface area (Å²) in [6, 6.07) is 10.1. The Balaban J connectivity index is 2.58. The van der Waals surface area contributed by atoms with Crippen LogP contribution in [0.2, 0.25) is 5.02 Å². The Morgan fingerprint density at radius 1 is 1.12 bits per heavy atom. The van der Waals surface area contributed by atoms with Gasteiger partial charge in [0.2, 0.25) is 0 Å². The van der Waals surface area contributed by atoms with Crippen molar-refractivity contribution in [3.63, 3.8) is 0 Å². The van der Waals surface area contributed by atoms with E-state index in [-0.39, 0.29) is 5.82 Å². The third-order valence-electron chi connectivity index (χ3n) is 2.43. The summed E-state index contributed by atoms with van der Waals surface area (Å²) in [7, 11) is 0. The number of anilines is 1. The van der Waals surface area contributed by atoms with Gasteiger partial charge in [0.05, 0.1) is 10.7 Å². The number of halogens is 2. The maximum Gasteiger partial charge on any atom is 0.131 e. The lowest BCUT2D eigenvalue weighted by Gasteiger charge is -2.06. The van der Waals surface area contributed by atoms with Gasteiger partial charge in [-0.2, -0.15) is 0 Å². The largest absolute Gasteiger partial charge is 0.398 e. The quantitative estimate of drug-likeness (QED) is 0.742. The fraction of sp³-hybridized carbons (Fsp3) is 0.0769. The van der Waals surface area contributed by atoms with Crippen molar-refractivity contribution in [2.75, 3.05) is 5.73 Å². The summed E-state index contributed by atoms with van der Waals surface area (Å²) in [6.45, 7) is 1.92. The van der Waals surface area contributed by atoms with Gasteiger partial charge in [-0.25, -0.2) is 4.39 Å². The van der Waals surface area contributed by atoms with Crippen LogP contribution in [0.4, 0.5) is 10.1 Å². The first-order valence-electron chi connectivity index (χ1n) is 4.89. The van der Waals surface area contributed by atoms with Crippen LogP contribution in [0.15, 0.2) is 36.4 Å². The molecule has 0 aliphatic carbocycles. The molecule has 0 unspecified atom stereocenters. The van der Waals surface area contributed by atoms with Gasteiger partial charge in [0.25, 0.3) is 0 Å². The molecule has 2 rings (SSSR count). The number of nitrogens with two attached hydrogens (primary N) is 1. The van der Waals surface area contributed by atoms with Crippen molar-refractivity contribution in [1.82, 2.24) is 0 Å². The van der Waals surface area contributed by atoms with E-state index in [0.29, 0.717) is 16.3 Å². The van der Waals surface area contributed by atoms with Crippen LogP contribution < -0.4 is 5.73 Å². The number of hydrogen-bond donors (Lipinski definition) is 1. The SMILES string of the molecule is Cc1ccc(F)c(-c2ccc(Cl)c(N)c2)c1. The van der Waals surface area contributed by atoms with Crippen molar-refractivity contribution in [3.8, 4) is 11.1 Å². The molecule has 0 heterocycles. The molecule has 0 saturated heterocycles. The van der Waals surface area contributed by atoms with Crippen LogP contribution >= 0.6 is 11.6 Å². The van der Waals surface area contributed by atoms with E-state index in [4.69, 9.17) is 17.3 Å². The standard InChI is InChI=1S/C13H11ClFN/c1-8-2-5-12(15)10(6-8)9-3-4-11(14)13(16)7-9/h2-7H,16H2,1H3. The summed E-state index contributed by atoms with van der Waals surface area (Å²) in [4.78, 5) is 0. The highest BCUT2D eigenvalue weighted by molar-refractivity contribution is 6.33. The van der Waals surface area contributed by atoms with Gasteiger partial charge in [0.1, 0.15) is 5.82 Å². The van der Waals surface area contributed by atoms with Crippen LogP contribution in [-0.2, 0) is 0 Å². The molecular weight excluding hydrogens is 225 g/mol. The Labute approximate surface area is 98.7 Å². The molecule has 16 heavy (non-hydrogen) atoms. The molecule has 0 aliphatic heterocycles. The van der Waals surface area contributed by atoms with Crippen LogP contribution in [0, 0.1) is 12.7 Å². The van der Waals surface area contributed by atoms with Gasteiger partial charge in [-0.05, 0) is 36.8 Å². The van der Waals surface area contributed by atoms with Gasteiger partial charge in [-0.3, -0.25) is 0 Å². The summed E-state index contributed by atoms with van der Waals surface area (Å²) in [5, 5.41) is 0.483. The third-order valence-corrected chi connectivity index (χ3v) is 2.77. The Kier molecular flexibility index (Phi) is 2.84. The van der Waals surface area contributed by atoms with Crippen molar-refractivity contribution in [2.45, 2.75) is 6.92 Å². The van der Waals surface area contributed by atoms with Crippen LogP contribution in [-0.4, -0.2) is 0 Å². The van der Waals surface area contributed by atoms with Gasteiger partial charge in [0.15, 0.2) is 0 Å². The highest BCUT2D eigenvalue weighted by atomic mass is 35.5. The molecular formula is C13H11ClFN. The third kappa shape index (κ3) is 2.02. The zero-order valence-electron chi connectivity index (χ0n) is 8.80. The minimum absolute atomic E-state index is 0.257. The smallest absolute Gasteiger partial charge is 0.131 e. The maximum atomic E-state index is 13.6. The van der Waals surface area contributed by atoms with Crippen LogP contribution in [0.3, 0.4) is 0 Å². The minimum Gasteiger partial charge on any atom is -0.398 e. The van der Waals surface area contributed by atoms with E-state index in [1.807, 2.05) is 6.92 Å². The molecule has 0 aromatic heterocycles. The first kappa shape index (κ1) is 11.0. The number of aryl methyl sites for hydroxylation is 1. The normalized spacial score (nSPS) is 10.4. The summed E-state index contributed by atoms with van der Waals surface area (Å²) >= 11 is 5.82. The molecule has 2 N–H and O–H groups in total. The van der Waals surface area contributed by atoms with E-state index in [1.165, 1.54) is 6.07 Å². The summed E-state index contributed by atoms with van der Waals surface area (Å²) < 4.78 is 13.6. The molecule has 0 aliphatic rings. The summed E-state index contributed by atoms with van der Waals surface area (Å²) in [5.74, 6) is -0.257. The Morgan fingerprint density at radius 2 is 1.88 bits per heavy atom. The van der Waals surface area contributed by atoms with Crippen molar-refractivity contribution < 1.29 is 4.39 Å². The monoisotopic (exact) mass is 235 g/mol. The Hall–Kier alpha value is -1.54. The average Bonchev–Trinajstić information content (AvgIpc) is 2.26. The second-order valence-corrected chi connectivity index (χ2v) is 4.13. The second-order valence-electron chi connectivity index (χ2n) is 3.72. The van der Waals surface area contributed by atoms with E-state index in [1.54, 1.807) is 30.3 Å². The first-order chi connectivity index (χ1) is 7.58. The molecule has 2 aromatic rings. The van der Waals surface area contributed by atoms with Crippen LogP contribution in [0.1, 0.15) is 5.56 Å².